The Morgan fingerprint density at radius 1 is 1.22 bits per heavy atom. The molecule has 0 saturated carbocycles. The van der Waals surface area contributed by atoms with E-state index in [2.05, 4.69) is 27.0 Å². The Kier molecular flexibility index (Phi) is 6.49. The summed E-state index contributed by atoms with van der Waals surface area (Å²) in [5.74, 6) is 0.898. The summed E-state index contributed by atoms with van der Waals surface area (Å²) in [5.41, 5.74) is 5.46. The van der Waals surface area contributed by atoms with Gasteiger partial charge in [0.1, 0.15) is 5.75 Å². The molecule has 1 aromatic heterocycles. The second kappa shape index (κ2) is 9.23. The average molecular weight is 382 g/mol. The third kappa shape index (κ3) is 4.89. The normalized spacial score (nSPS) is 11.2. The molecular formula is C20H22N4O2S. The number of nitrogens with zero attached hydrogens (tertiary/aromatic N) is 3. The maximum Gasteiger partial charge on any atom is 0.250 e. The van der Waals surface area contributed by atoms with Crippen LogP contribution in [-0.4, -0.2) is 34.0 Å². The second-order valence-electron chi connectivity index (χ2n) is 5.71. The van der Waals surface area contributed by atoms with Crippen LogP contribution in [0.5, 0.6) is 5.75 Å². The molecule has 6 nitrogen and oxygen atoms in total. The number of hydrogen-bond acceptors (Lipinski definition) is 5. The third-order valence-corrected chi connectivity index (χ3v) is 4.84. The van der Waals surface area contributed by atoms with E-state index < -0.39 is 0 Å². The molecule has 140 valence electrons. The number of thioether (sulfide) groups is 1. The van der Waals surface area contributed by atoms with E-state index in [1.807, 2.05) is 55.5 Å². The topological polar surface area (TPSA) is 68.5 Å². The molecule has 27 heavy (non-hydrogen) atoms. The monoisotopic (exact) mass is 382 g/mol. The fourth-order valence-corrected chi connectivity index (χ4v) is 3.50. The van der Waals surface area contributed by atoms with Gasteiger partial charge in [-0.15, -0.1) is 0 Å². The molecule has 3 aromatic rings. The molecule has 0 fully saturated rings. The van der Waals surface area contributed by atoms with Crippen molar-refractivity contribution in [1.82, 2.24) is 15.0 Å². The maximum absolute atomic E-state index is 12.1. The highest BCUT2D eigenvalue weighted by Gasteiger charge is 2.11. The molecule has 0 aliphatic heterocycles. The Morgan fingerprint density at radius 2 is 2.00 bits per heavy atom. The molecule has 7 heteroatoms. The van der Waals surface area contributed by atoms with Crippen molar-refractivity contribution in [2.45, 2.75) is 25.5 Å². The van der Waals surface area contributed by atoms with E-state index in [-0.39, 0.29) is 11.7 Å². The summed E-state index contributed by atoms with van der Waals surface area (Å²) < 4.78 is 7.50. The lowest BCUT2D eigenvalue weighted by atomic mass is 10.2. The summed E-state index contributed by atoms with van der Waals surface area (Å²) in [6, 6.07) is 15.5. The van der Waals surface area contributed by atoms with Gasteiger partial charge in [0.25, 0.3) is 5.91 Å². The van der Waals surface area contributed by atoms with Crippen LogP contribution in [0.4, 0.5) is 0 Å². The van der Waals surface area contributed by atoms with Gasteiger partial charge in [0.15, 0.2) is 5.16 Å². The summed E-state index contributed by atoms with van der Waals surface area (Å²) in [6.45, 7) is 5.45. The van der Waals surface area contributed by atoms with Gasteiger partial charge in [0.2, 0.25) is 0 Å². The number of para-hydroxylation sites is 2. The smallest absolute Gasteiger partial charge is 0.250 e. The van der Waals surface area contributed by atoms with E-state index >= 15 is 0 Å². The largest absolute Gasteiger partial charge is 0.494 e. The van der Waals surface area contributed by atoms with E-state index in [0.29, 0.717) is 6.61 Å². The number of nitrogens with one attached hydrogen (secondary N) is 1. The van der Waals surface area contributed by atoms with Crippen LogP contribution < -0.4 is 10.2 Å². The lowest BCUT2D eigenvalue weighted by Gasteiger charge is -2.05. The lowest BCUT2D eigenvalue weighted by Crippen LogP contribution is -2.20. The fraction of sp³-hybridized carbons (Fsp3) is 0.250. The van der Waals surface area contributed by atoms with Crippen molar-refractivity contribution in [3.05, 3.63) is 54.1 Å². The highest BCUT2D eigenvalue weighted by Crippen LogP contribution is 2.23. The number of aromatic nitrogens is 2. The first-order valence-corrected chi connectivity index (χ1v) is 9.82. The number of hydrogen-bond donors (Lipinski definition) is 1. The van der Waals surface area contributed by atoms with Crippen LogP contribution in [0.25, 0.3) is 11.0 Å². The van der Waals surface area contributed by atoms with Gasteiger partial charge in [-0.05, 0) is 55.8 Å². The number of hydrazone groups is 1. The van der Waals surface area contributed by atoms with E-state index in [4.69, 9.17) is 4.74 Å². The zero-order valence-corrected chi connectivity index (χ0v) is 16.2. The third-order valence-electron chi connectivity index (χ3n) is 3.86. The Bertz CT molecular complexity index is 935. The van der Waals surface area contributed by atoms with Crippen LogP contribution in [-0.2, 0) is 11.3 Å². The molecule has 3 rings (SSSR count). The van der Waals surface area contributed by atoms with Gasteiger partial charge in [-0.25, -0.2) is 10.4 Å². The number of carbonyl (C=O) groups is 1. The molecule has 0 aliphatic rings. The Balaban J connectivity index is 1.54. The van der Waals surface area contributed by atoms with E-state index in [9.17, 15) is 4.79 Å². The number of imidazole rings is 1. The van der Waals surface area contributed by atoms with E-state index in [0.717, 1.165) is 34.0 Å². The van der Waals surface area contributed by atoms with Crippen molar-refractivity contribution in [2.75, 3.05) is 12.4 Å². The number of aryl methyl sites for hydroxylation is 1. The average Bonchev–Trinajstić information content (AvgIpc) is 3.05. The molecule has 0 spiro atoms. The van der Waals surface area contributed by atoms with E-state index in [1.165, 1.54) is 11.8 Å². The van der Waals surface area contributed by atoms with Gasteiger partial charge < -0.3 is 9.30 Å². The molecule has 0 aliphatic carbocycles. The minimum absolute atomic E-state index is 0.170. The molecule has 0 unspecified atom stereocenters. The van der Waals surface area contributed by atoms with Crippen LogP contribution in [0.1, 0.15) is 19.4 Å². The molecule has 2 aromatic carbocycles. The van der Waals surface area contributed by atoms with Crippen molar-refractivity contribution >= 4 is 34.9 Å². The minimum Gasteiger partial charge on any atom is -0.494 e. The maximum atomic E-state index is 12.1. The fourth-order valence-electron chi connectivity index (χ4n) is 2.63. The molecule has 1 amide bonds. The molecule has 0 bridgehead atoms. The van der Waals surface area contributed by atoms with E-state index in [1.54, 1.807) is 6.21 Å². The quantitative estimate of drug-likeness (QED) is 0.366. The first kappa shape index (κ1) is 19.0. The van der Waals surface area contributed by atoms with Gasteiger partial charge in [-0.1, -0.05) is 23.9 Å². The predicted molar refractivity (Wildman–Crippen MR) is 109 cm³/mol. The SMILES string of the molecule is CCOc1ccc(/C=N\NC(=O)CSc2nc3ccccc3n2CC)cc1. The van der Waals surface area contributed by atoms with Crippen molar-refractivity contribution in [3.63, 3.8) is 0 Å². The molecule has 0 radical (unpaired) electrons. The van der Waals surface area contributed by atoms with Crippen molar-refractivity contribution < 1.29 is 9.53 Å². The zero-order chi connectivity index (χ0) is 19.1. The van der Waals surface area contributed by atoms with Crippen molar-refractivity contribution in [2.24, 2.45) is 5.10 Å². The van der Waals surface area contributed by atoms with Crippen LogP contribution >= 0.6 is 11.8 Å². The molecule has 0 atom stereocenters. The Morgan fingerprint density at radius 3 is 2.74 bits per heavy atom. The lowest BCUT2D eigenvalue weighted by molar-refractivity contribution is -0.118. The first-order valence-electron chi connectivity index (χ1n) is 8.84. The van der Waals surface area contributed by atoms with Gasteiger partial charge >= 0.3 is 0 Å². The van der Waals surface area contributed by atoms with Crippen molar-refractivity contribution in [1.29, 1.82) is 0 Å². The predicted octanol–water partition coefficient (Wildman–Crippen LogP) is 3.70. The number of ether oxygens (including phenoxy) is 1. The van der Waals surface area contributed by atoms with Gasteiger partial charge in [-0.2, -0.15) is 5.10 Å². The Hall–Kier alpha value is -2.80. The highest BCUT2D eigenvalue weighted by atomic mass is 32.2. The number of rotatable bonds is 8. The minimum atomic E-state index is -0.170. The Labute approximate surface area is 162 Å². The number of benzene rings is 2. The highest BCUT2D eigenvalue weighted by molar-refractivity contribution is 7.99. The number of fused-ring (bicyclic) bond motifs is 1. The summed E-state index contributed by atoms with van der Waals surface area (Å²) in [6.07, 6.45) is 1.61. The number of carbonyl (C=O) groups excluding carboxylic acids is 1. The molecule has 1 N–H and O–H groups in total. The summed E-state index contributed by atoms with van der Waals surface area (Å²) in [7, 11) is 0. The van der Waals surface area contributed by atoms with Gasteiger partial charge in [0.05, 0.1) is 29.6 Å². The number of amides is 1. The molecule has 1 heterocycles. The van der Waals surface area contributed by atoms with Crippen molar-refractivity contribution in [3.8, 4) is 5.75 Å². The summed E-state index contributed by atoms with van der Waals surface area (Å²) >= 11 is 1.41. The summed E-state index contributed by atoms with van der Waals surface area (Å²) in [4.78, 5) is 16.7. The van der Waals surface area contributed by atoms with Crippen LogP contribution in [0.3, 0.4) is 0 Å². The van der Waals surface area contributed by atoms with Crippen LogP contribution in [0.15, 0.2) is 58.8 Å². The second-order valence-corrected chi connectivity index (χ2v) is 6.65. The van der Waals surface area contributed by atoms with Crippen LogP contribution in [0, 0.1) is 0 Å². The van der Waals surface area contributed by atoms with Gasteiger partial charge in [-0.3, -0.25) is 4.79 Å². The zero-order valence-electron chi connectivity index (χ0n) is 15.4. The molecule has 0 saturated heterocycles. The van der Waals surface area contributed by atoms with Crippen LogP contribution in [0.2, 0.25) is 0 Å². The summed E-state index contributed by atoms with van der Waals surface area (Å²) in [5, 5.41) is 4.85. The first-order chi connectivity index (χ1) is 13.2. The van der Waals surface area contributed by atoms with Gasteiger partial charge in [0, 0.05) is 6.54 Å². The standard InChI is InChI=1S/C20H22N4O2S/c1-3-24-18-8-6-5-7-17(18)22-20(24)27-14-19(25)23-21-13-15-9-11-16(12-10-15)26-4-2/h5-13H,3-4,14H2,1-2H3,(H,23,25)/b21-13-. The molecular weight excluding hydrogens is 360 g/mol.